The second-order valence-corrected chi connectivity index (χ2v) is 1.07. The highest BCUT2D eigenvalue weighted by Crippen LogP contribution is 1.92. The molecule has 0 saturated heterocycles. The Bertz CT molecular complexity index is 149. The van der Waals surface area contributed by atoms with Gasteiger partial charge in [0, 0.05) is 6.08 Å². The molecule has 0 fully saturated rings. The van der Waals surface area contributed by atoms with Crippen LogP contribution in [0.25, 0.3) is 0 Å². The van der Waals surface area contributed by atoms with Gasteiger partial charge in [0.15, 0.2) is 0 Å². The standard InChI is InChI=1S/C4H2O3.ClH/c5-3-1-2-7-4(3)6;/h1-2H;1H. The van der Waals surface area contributed by atoms with E-state index in [1.807, 2.05) is 0 Å². The highest BCUT2D eigenvalue weighted by molar-refractivity contribution is 6.40. The van der Waals surface area contributed by atoms with Crippen LogP contribution < -0.4 is 0 Å². The molecule has 1 aliphatic heterocycles. The second-order valence-electron chi connectivity index (χ2n) is 1.07. The van der Waals surface area contributed by atoms with E-state index >= 15 is 0 Å². The molecule has 0 aromatic carbocycles. The summed E-state index contributed by atoms with van der Waals surface area (Å²) in [6, 6.07) is 0. The van der Waals surface area contributed by atoms with Gasteiger partial charge in [0.1, 0.15) is 0 Å². The molecule has 8 heavy (non-hydrogen) atoms. The van der Waals surface area contributed by atoms with E-state index in [4.69, 9.17) is 0 Å². The molecule has 1 aliphatic rings. The van der Waals surface area contributed by atoms with Crippen LogP contribution in [0.3, 0.4) is 0 Å². The van der Waals surface area contributed by atoms with Crippen molar-refractivity contribution in [1.29, 1.82) is 0 Å². The van der Waals surface area contributed by atoms with Crippen LogP contribution in [0.1, 0.15) is 0 Å². The molecule has 1 heterocycles. The van der Waals surface area contributed by atoms with Gasteiger partial charge in [-0.3, -0.25) is 4.79 Å². The van der Waals surface area contributed by atoms with Crippen molar-refractivity contribution < 1.29 is 14.3 Å². The van der Waals surface area contributed by atoms with E-state index in [1.54, 1.807) is 0 Å². The van der Waals surface area contributed by atoms with Gasteiger partial charge in [-0.25, -0.2) is 4.79 Å². The largest absolute Gasteiger partial charge is 0.428 e. The molecule has 3 nitrogen and oxygen atoms in total. The summed E-state index contributed by atoms with van der Waals surface area (Å²) < 4.78 is 4.10. The Hall–Kier alpha value is -0.830. The summed E-state index contributed by atoms with van der Waals surface area (Å²) >= 11 is 0. The quantitative estimate of drug-likeness (QED) is 0.347. The summed E-state index contributed by atoms with van der Waals surface area (Å²) in [7, 11) is 0. The van der Waals surface area contributed by atoms with Gasteiger partial charge in [-0.1, -0.05) is 0 Å². The minimum absolute atomic E-state index is 0. The number of halogens is 1. The lowest BCUT2D eigenvalue weighted by Gasteiger charge is -1.77. The minimum atomic E-state index is -0.792. The first-order valence-corrected chi connectivity index (χ1v) is 1.72. The van der Waals surface area contributed by atoms with E-state index < -0.39 is 11.8 Å². The van der Waals surface area contributed by atoms with Crippen LogP contribution in [0.2, 0.25) is 0 Å². The van der Waals surface area contributed by atoms with Crippen LogP contribution in [-0.2, 0) is 14.3 Å². The fraction of sp³-hybridized carbons (Fsp3) is 0. The lowest BCUT2D eigenvalue weighted by Crippen LogP contribution is -2.04. The van der Waals surface area contributed by atoms with Crippen LogP contribution in [0.5, 0.6) is 0 Å². The van der Waals surface area contributed by atoms with Crippen molar-refractivity contribution in [2.75, 3.05) is 0 Å². The van der Waals surface area contributed by atoms with Gasteiger partial charge < -0.3 is 4.74 Å². The summed E-state index contributed by atoms with van der Waals surface area (Å²) in [6.45, 7) is 0. The highest BCUT2D eigenvalue weighted by Gasteiger charge is 2.15. The Kier molecular flexibility index (Phi) is 2.21. The molecule has 0 bridgehead atoms. The zero-order valence-corrected chi connectivity index (χ0v) is 4.60. The molecule has 0 amide bonds. The summed E-state index contributed by atoms with van der Waals surface area (Å²) in [5, 5.41) is 0. The third-order valence-corrected chi connectivity index (χ3v) is 0.596. The topological polar surface area (TPSA) is 43.4 Å². The zero-order valence-electron chi connectivity index (χ0n) is 3.79. The Morgan fingerprint density at radius 1 is 1.38 bits per heavy atom. The normalized spacial score (nSPS) is 15.5. The number of ketones is 1. The number of carbonyl (C=O) groups is 2. The number of esters is 1. The third kappa shape index (κ3) is 1.07. The van der Waals surface area contributed by atoms with E-state index in [9.17, 15) is 9.59 Å². The molecule has 0 aromatic rings. The van der Waals surface area contributed by atoms with Crippen molar-refractivity contribution in [2.45, 2.75) is 0 Å². The van der Waals surface area contributed by atoms with E-state index in [-0.39, 0.29) is 12.4 Å². The number of ether oxygens (including phenoxy) is 1. The predicted molar refractivity (Wildman–Crippen MR) is 27.5 cm³/mol. The maximum absolute atomic E-state index is 10.0. The highest BCUT2D eigenvalue weighted by atomic mass is 35.5. The van der Waals surface area contributed by atoms with E-state index in [0.29, 0.717) is 0 Å². The molecule has 1 rings (SSSR count). The van der Waals surface area contributed by atoms with Crippen molar-refractivity contribution in [3.63, 3.8) is 0 Å². The first kappa shape index (κ1) is 7.17. The minimum Gasteiger partial charge on any atom is -0.428 e. The average molecular weight is 135 g/mol. The van der Waals surface area contributed by atoms with Crippen LogP contribution >= 0.6 is 12.4 Å². The maximum Gasteiger partial charge on any atom is 0.383 e. The Morgan fingerprint density at radius 3 is 2.12 bits per heavy atom. The number of cyclic esters (lactones) is 1. The van der Waals surface area contributed by atoms with Gasteiger partial charge in [-0.15, -0.1) is 12.4 Å². The number of hydrogen-bond donors (Lipinski definition) is 0. The van der Waals surface area contributed by atoms with Gasteiger partial charge in [0.2, 0.25) is 0 Å². The summed E-state index contributed by atoms with van der Waals surface area (Å²) in [6.07, 6.45) is 2.16. The molecule has 0 radical (unpaired) electrons. The fourth-order valence-electron chi connectivity index (χ4n) is 0.284. The van der Waals surface area contributed by atoms with Gasteiger partial charge in [0.25, 0.3) is 5.78 Å². The molecule has 0 saturated carbocycles. The molecule has 44 valence electrons. The molecule has 0 unspecified atom stereocenters. The van der Waals surface area contributed by atoms with Gasteiger partial charge in [-0.2, -0.15) is 0 Å². The molecular formula is C4H3ClO3. The van der Waals surface area contributed by atoms with E-state index in [1.165, 1.54) is 0 Å². The Morgan fingerprint density at radius 2 is 2.00 bits per heavy atom. The Balaban J connectivity index is 0.000000490. The zero-order chi connectivity index (χ0) is 5.28. The predicted octanol–water partition coefficient (Wildman–Crippen LogP) is 0.0478. The Labute approximate surface area is 51.7 Å². The van der Waals surface area contributed by atoms with Crippen LogP contribution in [0.15, 0.2) is 12.3 Å². The van der Waals surface area contributed by atoms with Crippen LogP contribution in [0.4, 0.5) is 0 Å². The lowest BCUT2D eigenvalue weighted by molar-refractivity contribution is -0.145. The van der Waals surface area contributed by atoms with E-state index in [2.05, 4.69) is 4.74 Å². The van der Waals surface area contributed by atoms with Crippen molar-refractivity contribution in [3.8, 4) is 0 Å². The summed E-state index contributed by atoms with van der Waals surface area (Å²) in [5.41, 5.74) is 0. The molecule has 0 aromatic heterocycles. The molecule has 0 atom stereocenters. The first-order valence-electron chi connectivity index (χ1n) is 1.72. The molecular weight excluding hydrogens is 131 g/mol. The van der Waals surface area contributed by atoms with Gasteiger partial charge in [-0.05, 0) is 0 Å². The van der Waals surface area contributed by atoms with E-state index in [0.717, 1.165) is 12.3 Å². The fourth-order valence-corrected chi connectivity index (χ4v) is 0.284. The van der Waals surface area contributed by atoms with Crippen LogP contribution in [0, 0.1) is 0 Å². The van der Waals surface area contributed by atoms with Crippen molar-refractivity contribution >= 4 is 24.2 Å². The smallest absolute Gasteiger partial charge is 0.383 e. The summed E-state index contributed by atoms with van der Waals surface area (Å²) in [5.74, 6) is -1.37. The second kappa shape index (κ2) is 2.47. The monoisotopic (exact) mass is 134 g/mol. The van der Waals surface area contributed by atoms with Crippen molar-refractivity contribution in [2.24, 2.45) is 0 Å². The summed E-state index contributed by atoms with van der Waals surface area (Å²) in [4.78, 5) is 20.0. The molecule has 4 heteroatoms. The molecule has 0 N–H and O–H groups in total. The number of hydrogen-bond acceptors (Lipinski definition) is 3. The molecule has 0 spiro atoms. The lowest BCUT2D eigenvalue weighted by atomic mass is 10.4. The first-order chi connectivity index (χ1) is 3.30. The number of carbonyl (C=O) groups excluding carboxylic acids is 2. The maximum atomic E-state index is 10.0. The van der Waals surface area contributed by atoms with Crippen molar-refractivity contribution in [1.82, 2.24) is 0 Å². The third-order valence-electron chi connectivity index (χ3n) is 0.596. The van der Waals surface area contributed by atoms with Gasteiger partial charge >= 0.3 is 5.97 Å². The molecule has 0 aliphatic carbocycles. The average Bonchev–Trinajstić information content (AvgIpc) is 1.91. The van der Waals surface area contributed by atoms with Crippen molar-refractivity contribution in [3.05, 3.63) is 12.3 Å². The number of rotatable bonds is 0. The SMILES string of the molecule is Cl.O=C1C=COC1=O. The van der Waals surface area contributed by atoms with Gasteiger partial charge in [0.05, 0.1) is 6.26 Å². The van der Waals surface area contributed by atoms with Crippen LogP contribution in [-0.4, -0.2) is 11.8 Å².